The van der Waals surface area contributed by atoms with Gasteiger partial charge in [0.15, 0.2) is 17.4 Å². The SMILES string of the molecule is O=C(/C=C/c1ccc(-c2ccccc2)cc1)c1ccc(F)c(F)c1. The highest BCUT2D eigenvalue weighted by molar-refractivity contribution is 6.06. The fourth-order valence-corrected chi connectivity index (χ4v) is 2.33. The van der Waals surface area contributed by atoms with Crippen LogP contribution in [0.25, 0.3) is 17.2 Å². The van der Waals surface area contributed by atoms with Crippen LogP contribution in [0.15, 0.2) is 78.9 Å². The van der Waals surface area contributed by atoms with Crippen molar-refractivity contribution in [3.05, 3.63) is 102 Å². The van der Waals surface area contributed by atoms with Gasteiger partial charge in [-0.05, 0) is 41.0 Å². The van der Waals surface area contributed by atoms with Gasteiger partial charge in [0.25, 0.3) is 0 Å². The van der Waals surface area contributed by atoms with Gasteiger partial charge in [-0.1, -0.05) is 60.7 Å². The molecular weight excluding hydrogens is 306 g/mol. The van der Waals surface area contributed by atoms with Gasteiger partial charge in [-0.3, -0.25) is 4.79 Å². The number of halogens is 2. The van der Waals surface area contributed by atoms with E-state index in [2.05, 4.69) is 0 Å². The van der Waals surface area contributed by atoms with Crippen molar-refractivity contribution in [3.63, 3.8) is 0 Å². The molecule has 3 rings (SSSR count). The van der Waals surface area contributed by atoms with E-state index in [4.69, 9.17) is 0 Å². The second kappa shape index (κ2) is 7.01. The van der Waals surface area contributed by atoms with E-state index in [1.54, 1.807) is 6.08 Å². The molecule has 0 saturated carbocycles. The van der Waals surface area contributed by atoms with Crippen molar-refractivity contribution in [2.45, 2.75) is 0 Å². The van der Waals surface area contributed by atoms with Gasteiger partial charge in [0.05, 0.1) is 0 Å². The van der Waals surface area contributed by atoms with Crippen molar-refractivity contribution in [2.75, 3.05) is 0 Å². The zero-order valence-corrected chi connectivity index (χ0v) is 12.7. The van der Waals surface area contributed by atoms with Crippen molar-refractivity contribution in [3.8, 4) is 11.1 Å². The maximum Gasteiger partial charge on any atom is 0.185 e. The van der Waals surface area contributed by atoms with Crippen molar-refractivity contribution in [1.82, 2.24) is 0 Å². The topological polar surface area (TPSA) is 17.1 Å². The van der Waals surface area contributed by atoms with Crippen molar-refractivity contribution in [2.24, 2.45) is 0 Å². The maximum atomic E-state index is 13.2. The van der Waals surface area contributed by atoms with Gasteiger partial charge in [-0.2, -0.15) is 0 Å². The maximum absolute atomic E-state index is 13.2. The first-order valence-corrected chi connectivity index (χ1v) is 7.46. The van der Waals surface area contributed by atoms with Crippen LogP contribution in [0.1, 0.15) is 15.9 Å². The van der Waals surface area contributed by atoms with E-state index >= 15 is 0 Å². The number of allylic oxidation sites excluding steroid dienone is 1. The third-order valence-corrected chi connectivity index (χ3v) is 3.65. The number of rotatable bonds is 4. The summed E-state index contributed by atoms with van der Waals surface area (Å²) in [6, 6.07) is 20.8. The first kappa shape index (κ1) is 15.8. The van der Waals surface area contributed by atoms with E-state index in [0.29, 0.717) is 0 Å². The van der Waals surface area contributed by atoms with Crippen LogP contribution >= 0.6 is 0 Å². The summed E-state index contributed by atoms with van der Waals surface area (Å²) >= 11 is 0. The lowest BCUT2D eigenvalue weighted by molar-refractivity contribution is 0.104. The van der Waals surface area contributed by atoms with Crippen LogP contribution in [0, 0.1) is 11.6 Å². The molecule has 3 aromatic rings. The largest absolute Gasteiger partial charge is 0.289 e. The lowest BCUT2D eigenvalue weighted by atomic mass is 10.0. The second-order valence-corrected chi connectivity index (χ2v) is 5.31. The average Bonchev–Trinajstić information content (AvgIpc) is 2.63. The average molecular weight is 320 g/mol. The minimum absolute atomic E-state index is 0.117. The highest BCUT2D eigenvalue weighted by Crippen LogP contribution is 2.19. The van der Waals surface area contributed by atoms with Crippen LogP contribution in [0.3, 0.4) is 0 Å². The van der Waals surface area contributed by atoms with E-state index in [1.807, 2.05) is 54.6 Å². The number of hydrogen-bond donors (Lipinski definition) is 0. The van der Waals surface area contributed by atoms with E-state index in [1.165, 1.54) is 12.1 Å². The smallest absolute Gasteiger partial charge is 0.185 e. The molecule has 0 heterocycles. The zero-order valence-electron chi connectivity index (χ0n) is 12.7. The fraction of sp³-hybridized carbons (Fsp3) is 0. The predicted octanol–water partition coefficient (Wildman–Crippen LogP) is 5.53. The van der Waals surface area contributed by atoms with Gasteiger partial charge in [-0.25, -0.2) is 8.78 Å². The van der Waals surface area contributed by atoms with Crippen LogP contribution in [0.5, 0.6) is 0 Å². The normalized spacial score (nSPS) is 10.9. The molecule has 24 heavy (non-hydrogen) atoms. The third-order valence-electron chi connectivity index (χ3n) is 3.65. The molecule has 118 valence electrons. The van der Waals surface area contributed by atoms with E-state index < -0.39 is 11.6 Å². The summed E-state index contributed by atoms with van der Waals surface area (Å²) < 4.78 is 26.0. The Balaban J connectivity index is 1.74. The Labute approximate surface area is 138 Å². The molecule has 3 aromatic carbocycles. The molecule has 0 spiro atoms. The summed E-state index contributed by atoms with van der Waals surface area (Å²) in [5.74, 6) is -2.37. The molecule has 0 bridgehead atoms. The molecule has 0 N–H and O–H groups in total. The number of carbonyl (C=O) groups excluding carboxylic acids is 1. The number of ketones is 1. The number of hydrogen-bond acceptors (Lipinski definition) is 1. The Kier molecular flexibility index (Phi) is 4.62. The number of carbonyl (C=O) groups is 1. The van der Waals surface area contributed by atoms with Crippen LogP contribution in [-0.2, 0) is 0 Å². The molecule has 0 saturated heterocycles. The van der Waals surface area contributed by atoms with Crippen LogP contribution in [0.4, 0.5) is 8.78 Å². The molecule has 0 amide bonds. The van der Waals surface area contributed by atoms with Crippen LogP contribution in [-0.4, -0.2) is 5.78 Å². The second-order valence-electron chi connectivity index (χ2n) is 5.31. The Morgan fingerprint density at radius 1 is 0.750 bits per heavy atom. The standard InChI is InChI=1S/C21H14F2O/c22-19-12-11-18(14-20(19)23)21(24)13-8-15-6-9-17(10-7-15)16-4-2-1-3-5-16/h1-14H/b13-8+. The van der Waals surface area contributed by atoms with E-state index in [-0.39, 0.29) is 11.3 Å². The van der Waals surface area contributed by atoms with Gasteiger partial charge in [0.2, 0.25) is 0 Å². The Bertz CT molecular complexity index is 881. The first-order chi connectivity index (χ1) is 11.6. The molecule has 0 fully saturated rings. The quantitative estimate of drug-likeness (QED) is 0.456. The predicted molar refractivity (Wildman–Crippen MR) is 91.6 cm³/mol. The molecule has 1 nitrogen and oxygen atoms in total. The Morgan fingerprint density at radius 2 is 1.42 bits per heavy atom. The Hall–Kier alpha value is -3.07. The summed E-state index contributed by atoms with van der Waals surface area (Å²) in [5, 5.41) is 0. The molecular formula is C21H14F2O. The molecule has 0 atom stereocenters. The van der Waals surface area contributed by atoms with E-state index in [9.17, 15) is 13.6 Å². The molecule has 0 unspecified atom stereocenters. The molecule has 0 aromatic heterocycles. The van der Waals surface area contributed by atoms with Crippen LogP contribution in [0.2, 0.25) is 0 Å². The lowest BCUT2D eigenvalue weighted by Crippen LogP contribution is -1.96. The van der Waals surface area contributed by atoms with Gasteiger partial charge in [-0.15, -0.1) is 0 Å². The highest BCUT2D eigenvalue weighted by atomic mass is 19.2. The number of benzene rings is 3. The van der Waals surface area contributed by atoms with Gasteiger partial charge < -0.3 is 0 Å². The van der Waals surface area contributed by atoms with Crippen molar-refractivity contribution < 1.29 is 13.6 Å². The van der Waals surface area contributed by atoms with E-state index in [0.717, 1.165) is 28.8 Å². The van der Waals surface area contributed by atoms with Crippen LogP contribution < -0.4 is 0 Å². The minimum Gasteiger partial charge on any atom is -0.289 e. The fourth-order valence-electron chi connectivity index (χ4n) is 2.33. The monoisotopic (exact) mass is 320 g/mol. The molecule has 0 radical (unpaired) electrons. The molecule has 3 heteroatoms. The van der Waals surface area contributed by atoms with Gasteiger partial charge in [0, 0.05) is 5.56 Å². The lowest BCUT2D eigenvalue weighted by Gasteiger charge is -2.02. The molecule has 0 aliphatic heterocycles. The zero-order chi connectivity index (χ0) is 16.9. The van der Waals surface area contributed by atoms with Crippen molar-refractivity contribution in [1.29, 1.82) is 0 Å². The summed E-state index contributed by atoms with van der Waals surface area (Å²) in [7, 11) is 0. The first-order valence-electron chi connectivity index (χ1n) is 7.46. The summed E-state index contributed by atoms with van der Waals surface area (Å²) in [5.41, 5.74) is 3.17. The summed E-state index contributed by atoms with van der Waals surface area (Å²) in [4.78, 5) is 12.0. The summed E-state index contributed by atoms with van der Waals surface area (Å²) in [6.45, 7) is 0. The minimum atomic E-state index is -1.03. The Morgan fingerprint density at radius 3 is 2.08 bits per heavy atom. The summed E-state index contributed by atoms with van der Waals surface area (Å²) in [6.07, 6.45) is 3.00. The van der Waals surface area contributed by atoms with Gasteiger partial charge in [0.1, 0.15) is 0 Å². The molecule has 0 aliphatic carbocycles. The highest BCUT2D eigenvalue weighted by Gasteiger charge is 2.07. The van der Waals surface area contributed by atoms with Crippen molar-refractivity contribution >= 4 is 11.9 Å². The third kappa shape index (κ3) is 3.63. The molecule has 0 aliphatic rings. The van der Waals surface area contributed by atoms with Gasteiger partial charge >= 0.3 is 0 Å².